The Hall–Kier alpha value is -0.120. The van der Waals surface area contributed by atoms with Gasteiger partial charge in [-0.1, -0.05) is 6.92 Å². The lowest BCUT2D eigenvalue weighted by atomic mass is 10.0. The molecule has 0 amide bonds. The predicted octanol–water partition coefficient (Wildman–Crippen LogP) is 1.24. The van der Waals surface area contributed by atoms with Crippen molar-refractivity contribution in [1.82, 2.24) is 10.2 Å². The zero-order valence-electron chi connectivity index (χ0n) is 10.0. The summed E-state index contributed by atoms with van der Waals surface area (Å²) in [6, 6.07) is 1.30. The first-order valence-electron chi connectivity index (χ1n) is 6.41. The van der Waals surface area contributed by atoms with Crippen molar-refractivity contribution >= 4 is 0 Å². The molecule has 3 heteroatoms. The quantitative estimate of drug-likeness (QED) is 0.762. The molecular weight excluding hydrogens is 188 g/mol. The maximum atomic E-state index is 5.80. The number of hydrogen-bond acceptors (Lipinski definition) is 3. The second kappa shape index (κ2) is 5.28. The lowest BCUT2D eigenvalue weighted by Crippen LogP contribution is -2.56. The van der Waals surface area contributed by atoms with Crippen LogP contribution in [-0.2, 0) is 4.74 Å². The molecule has 0 radical (unpaired) electrons. The van der Waals surface area contributed by atoms with Gasteiger partial charge < -0.3 is 10.1 Å². The van der Waals surface area contributed by atoms with Crippen LogP contribution in [0.4, 0.5) is 0 Å². The third-order valence-electron chi connectivity index (χ3n) is 3.89. The van der Waals surface area contributed by atoms with E-state index in [4.69, 9.17) is 4.74 Å². The Labute approximate surface area is 93.2 Å². The van der Waals surface area contributed by atoms with Gasteiger partial charge in [0, 0.05) is 38.3 Å². The summed E-state index contributed by atoms with van der Waals surface area (Å²) in [5.41, 5.74) is 0. The van der Waals surface area contributed by atoms with Crippen LogP contribution in [0.5, 0.6) is 0 Å². The van der Waals surface area contributed by atoms with E-state index in [1.54, 1.807) is 0 Å². The first-order valence-corrected chi connectivity index (χ1v) is 6.41. The molecule has 0 aromatic heterocycles. The lowest BCUT2D eigenvalue weighted by molar-refractivity contribution is 0.00365. The maximum Gasteiger partial charge on any atom is 0.0728 e. The van der Waals surface area contributed by atoms with Crippen molar-refractivity contribution in [2.75, 3.05) is 26.2 Å². The fourth-order valence-electron chi connectivity index (χ4n) is 2.89. The standard InChI is InChI=1S/C12H24N2O/c1-3-11-9-13-6-7-14(11)10(2)12-5-4-8-15-12/h10-13H,3-9H2,1-2H3. The number of nitrogens with zero attached hydrogens (tertiary/aromatic N) is 1. The number of ether oxygens (including phenoxy) is 1. The van der Waals surface area contributed by atoms with E-state index in [1.807, 2.05) is 0 Å². The Morgan fingerprint density at radius 2 is 2.40 bits per heavy atom. The molecule has 2 saturated heterocycles. The van der Waals surface area contributed by atoms with E-state index in [9.17, 15) is 0 Å². The van der Waals surface area contributed by atoms with Crippen molar-refractivity contribution in [3.63, 3.8) is 0 Å². The van der Waals surface area contributed by atoms with Crippen LogP contribution in [0.3, 0.4) is 0 Å². The summed E-state index contributed by atoms with van der Waals surface area (Å²) in [6.45, 7) is 9.05. The maximum absolute atomic E-state index is 5.80. The molecule has 0 aromatic carbocycles. The molecule has 2 heterocycles. The van der Waals surface area contributed by atoms with Gasteiger partial charge in [0.1, 0.15) is 0 Å². The molecule has 0 bridgehead atoms. The van der Waals surface area contributed by atoms with Gasteiger partial charge >= 0.3 is 0 Å². The number of piperazine rings is 1. The molecule has 2 rings (SSSR count). The van der Waals surface area contributed by atoms with E-state index < -0.39 is 0 Å². The van der Waals surface area contributed by atoms with Crippen LogP contribution < -0.4 is 5.32 Å². The number of nitrogens with one attached hydrogen (secondary N) is 1. The molecule has 0 saturated carbocycles. The summed E-state index contributed by atoms with van der Waals surface area (Å²) in [5, 5.41) is 3.48. The first-order chi connectivity index (χ1) is 7.33. The van der Waals surface area contributed by atoms with Gasteiger partial charge in [-0.2, -0.15) is 0 Å². The summed E-state index contributed by atoms with van der Waals surface area (Å²) in [6.07, 6.45) is 4.22. The molecule has 2 aliphatic rings. The summed E-state index contributed by atoms with van der Waals surface area (Å²) < 4.78 is 5.80. The third-order valence-corrected chi connectivity index (χ3v) is 3.89. The second-order valence-corrected chi connectivity index (χ2v) is 4.80. The van der Waals surface area contributed by atoms with E-state index in [1.165, 1.54) is 25.8 Å². The zero-order valence-corrected chi connectivity index (χ0v) is 10.0. The van der Waals surface area contributed by atoms with Crippen LogP contribution in [0, 0.1) is 0 Å². The Bertz CT molecular complexity index is 192. The van der Waals surface area contributed by atoms with Gasteiger partial charge in [0.15, 0.2) is 0 Å². The van der Waals surface area contributed by atoms with Crippen molar-refractivity contribution < 1.29 is 4.74 Å². The van der Waals surface area contributed by atoms with E-state index in [0.29, 0.717) is 18.2 Å². The molecule has 3 nitrogen and oxygen atoms in total. The second-order valence-electron chi connectivity index (χ2n) is 4.80. The van der Waals surface area contributed by atoms with Gasteiger partial charge in [-0.15, -0.1) is 0 Å². The molecule has 0 aliphatic carbocycles. The number of rotatable bonds is 3. The van der Waals surface area contributed by atoms with E-state index in [2.05, 4.69) is 24.1 Å². The van der Waals surface area contributed by atoms with Gasteiger partial charge in [-0.05, 0) is 26.2 Å². The molecule has 88 valence electrons. The van der Waals surface area contributed by atoms with Crippen molar-refractivity contribution in [2.45, 2.75) is 51.3 Å². The van der Waals surface area contributed by atoms with Crippen LogP contribution in [0.1, 0.15) is 33.1 Å². The minimum absolute atomic E-state index is 0.483. The summed E-state index contributed by atoms with van der Waals surface area (Å²) in [4.78, 5) is 2.65. The molecule has 2 aliphatic heterocycles. The van der Waals surface area contributed by atoms with Crippen molar-refractivity contribution in [1.29, 1.82) is 0 Å². The van der Waals surface area contributed by atoms with Gasteiger partial charge in [0.25, 0.3) is 0 Å². The summed E-state index contributed by atoms with van der Waals surface area (Å²) >= 11 is 0. The van der Waals surface area contributed by atoms with Crippen LogP contribution in [0.25, 0.3) is 0 Å². The minimum Gasteiger partial charge on any atom is -0.377 e. The highest BCUT2D eigenvalue weighted by atomic mass is 16.5. The first kappa shape index (κ1) is 11.4. The van der Waals surface area contributed by atoms with Gasteiger partial charge in [-0.25, -0.2) is 0 Å². The van der Waals surface area contributed by atoms with Crippen LogP contribution in [-0.4, -0.2) is 49.3 Å². The fraction of sp³-hybridized carbons (Fsp3) is 1.00. The average molecular weight is 212 g/mol. The number of hydrogen-bond donors (Lipinski definition) is 1. The van der Waals surface area contributed by atoms with Gasteiger partial charge in [0.05, 0.1) is 6.10 Å². The molecular formula is C12H24N2O. The fourth-order valence-corrected chi connectivity index (χ4v) is 2.89. The largest absolute Gasteiger partial charge is 0.377 e. The average Bonchev–Trinajstić information content (AvgIpc) is 2.81. The summed E-state index contributed by atoms with van der Waals surface area (Å²) in [5.74, 6) is 0. The molecule has 1 N–H and O–H groups in total. The van der Waals surface area contributed by atoms with Crippen LogP contribution in [0.2, 0.25) is 0 Å². The van der Waals surface area contributed by atoms with Crippen LogP contribution in [0.15, 0.2) is 0 Å². The Kier molecular flexibility index (Phi) is 4.00. The van der Waals surface area contributed by atoms with Crippen molar-refractivity contribution in [3.05, 3.63) is 0 Å². The Morgan fingerprint density at radius 1 is 1.53 bits per heavy atom. The minimum atomic E-state index is 0.483. The Morgan fingerprint density at radius 3 is 3.07 bits per heavy atom. The smallest absolute Gasteiger partial charge is 0.0728 e. The SMILES string of the molecule is CCC1CNCCN1C(C)C1CCCO1. The highest BCUT2D eigenvalue weighted by molar-refractivity contribution is 4.87. The lowest BCUT2D eigenvalue weighted by Gasteiger charge is -2.41. The highest BCUT2D eigenvalue weighted by Gasteiger charge is 2.31. The predicted molar refractivity (Wildman–Crippen MR) is 62.1 cm³/mol. The highest BCUT2D eigenvalue weighted by Crippen LogP contribution is 2.22. The third kappa shape index (κ3) is 2.52. The molecule has 3 unspecified atom stereocenters. The van der Waals surface area contributed by atoms with Gasteiger partial charge in [0.2, 0.25) is 0 Å². The summed E-state index contributed by atoms with van der Waals surface area (Å²) in [7, 11) is 0. The molecule has 15 heavy (non-hydrogen) atoms. The monoisotopic (exact) mass is 212 g/mol. The zero-order chi connectivity index (χ0) is 10.7. The Balaban J connectivity index is 1.93. The molecule has 3 atom stereocenters. The van der Waals surface area contributed by atoms with Crippen molar-refractivity contribution in [2.24, 2.45) is 0 Å². The molecule has 2 fully saturated rings. The van der Waals surface area contributed by atoms with Crippen LogP contribution >= 0.6 is 0 Å². The van der Waals surface area contributed by atoms with Crippen molar-refractivity contribution in [3.8, 4) is 0 Å². The van der Waals surface area contributed by atoms with E-state index in [-0.39, 0.29) is 0 Å². The van der Waals surface area contributed by atoms with E-state index in [0.717, 1.165) is 19.7 Å². The topological polar surface area (TPSA) is 24.5 Å². The molecule has 0 spiro atoms. The normalized spacial score (nSPS) is 35.6. The van der Waals surface area contributed by atoms with Gasteiger partial charge in [-0.3, -0.25) is 4.90 Å². The molecule has 0 aromatic rings. The van der Waals surface area contributed by atoms with E-state index >= 15 is 0 Å².